The minimum atomic E-state index is -0.378. The molecular formula is C22H17F2N3OS. The molecule has 0 saturated heterocycles. The second-order valence-electron chi connectivity index (χ2n) is 6.78. The topological polar surface area (TPSA) is 56.1 Å². The Kier molecular flexibility index (Phi) is 5.28. The zero-order chi connectivity index (χ0) is 20.4. The molecule has 29 heavy (non-hydrogen) atoms. The second-order valence-corrected chi connectivity index (χ2v) is 7.89. The molecule has 1 amide bonds. The summed E-state index contributed by atoms with van der Waals surface area (Å²) in [6.45, 7) is 1.40. The van der Waals surface area contributed by atoms with Crippen LogP contribution >= 0.6 is 11.3 Å². The summed E-state index contributed by atoms with van der Waals surface area (Å²) in [6.07, 6.45) is 0.597. The van der Waals surface area contributed by atoms with E-state index >= 15 is 0 Å². The maximum atomic E-state index is 13.1. The highest BCUT2D eigenvalue weighted by Gasteiger charge is 2.27. The van der Waals surface area contributed by atoms with E-state index in [0.717, 1.165) is 21.0 Å². The number of carbonyl (C=O) groups excluding carboxylic acids is 1. The van der Waals surface area contributed by atoms with E-state index in [-0.39, 0.29) is 17.5 Å². The van der Waals surface area contributed by atoms with Crippen LogP contribution in [0.25, 0.3) is 0 Å². The molecule has 0 unspecified atom stereocenters. The summed E-state index contributed by atoms with van der Waals surface area (Å²) in [6, 6.07) is 14.0. The van der Waals surface area contributed by atoms with Crippen LogP contribution in [-0.4, -0.2) is 17.4 Å². The standard InChI is InChI=1S/C22H17F2N3OS/c23-16-5-1-14(2-6-16)12-26-21-19(11-25)18-9-10-27(13-20(18)29-21)22(28)15-3-7-17(24)8-4-15/h1-8,26H,9-10,12-13H2. The molecule has 0 atom stereocenters. The van der Waals surface area contributed by atoms with E-state index in [1.54, 1.807) is 17.0 Å². The summed E-state index contributed by atoms with van der Waals surface area (Å²) in [5.74, 6) is -0.816. The Morgan fingerprint density at radius 1 is 1.10 bits per heavy atom. The molecule has 1 N–H and O–H groups in total. The summed E-state index contributed by atoms with van der Waals surface area (Å²) >= 11 is 1.47. The van der Waals surface area contributed by atoms with Gasteiger partial charge in [0.2, 0.25) is 0 Å². The maximum absolute atomic E-state index is 13.1. The Morgan fingerprint density at radius 2 is 1.76 bits per heavy atom. The van der Waals surface area contributed by atoms with Crippen LogP contribution < -0.4 is 5.32 Å². The summed E-state index contributed by atoms with van der Waals surface area (Å²) in [5, 5.41) is 13.7. The lowest BCUT2D eigenvalue weighted by Gasteiger charge is -2.27. The van der Waals surface area contributed by atoms with Crippen LogP contribution in [0.1, 0.15) is 31.9 Å². The number of nitrogens with one attached hydrogen (secondary N) is 1. The smallest absolute Gasteiger partial charge is 0.254 e. The van der Waals surface area contributed by atoms with Crippen molar-refractivity contribution in [2.24, 2.45) is 0 Å². The molecule has 4 rings (SSSR count). The number of halogens is 2. The Labute approximate surface area is 171 Å². The van der Waals surface area contributed by atoms with Gasteiger partial charge in [-0.3, -0.25) is 4.79 Å². The van der Waals surface area contributed by atoms with Gasteiger partial charge >= 0.3 is 0 Å². The highest BCUT2D eigenvalue weighted by atomic mass is 32.1. The van der Waals surface area contributed by atoms with Gasteiger partial charge in [0.05, 0.1) is 12.1 Å². The lowest BCUT2D eigenvalue weighted by molar-refractivity contribution is 0.0737. The summed E-state index contributed by atoms with van der Waals surface area (Å²) in [5.41, 5.74) is 2.94. The number of hydrogen-bond acceptors (Lipinski definition) is 4. The molecule has 4 nitrogen and oxygen atoms in total. The first kappa shape index (κ1) is 19.1. The lowest BCUT2D eigenvalue weighted by atomic mass is 10.0. The van der Waals surface area contributed by atoms with Crippen LogP contribution in [-0.2, 0) is 19.5 Å². The zero-order valence-corrected chi connectivity index (χ0v) is 16.2. The molecule has 146 valence electrons. The van der Waals surface area contributed by atoms with Gasteiger partial charge < -0.3 is 10.2 Å². The number of rotatable bonds is 4. The number of carbonyl (C=O) groups is 1. The minimum absolute atomic E-state index is 0.150. The first-order valence-electron chi connectivity index (χ1n) is 9.13. The van der Waals surface area contributed by atoms with Crippen LogP contribution in [0, 0.1) is 23.0 Å². The summed E-state index contributed by atoms with van der Waals surface area (Å²) < 4.78 is 26.2. The van der Waals surface area contributed by atoms with Crippen molar-refractivity contribution in [3.8, 4) is 6.07 Å². The van der Waals surface area contributed by atoms with Crippen molar-refractivity contribution in [3.63, 3.8) is 0 Å². The molecule has 1 aliphatic rings. The second kappa shape index (κ2) is 8.02. The molecule has 0 spiro atoms. The van der Waals surface area contributed by atoms with E-state index in [4.69, 9.17) is 0 Å². The molecule has 3 aromatic rings. The fourth-order valence-electron chi connectivity index (χ4n) is 3.38. The van der Waals surface area contributed by atoms with Gasteiger partial charge in [-0.15, -0.1) is 11.3 Å². The fraction of sp³-hybridized carbons (Fsp3) is 0.182. The SMILES string of the molecule is N#Cc1c(NCc2ccc(F)cc2)sc2c1CCN(C(=O)c1ccc(F)cc1)C2. The molecule has 2 heterocycles. The predicted molar refractivity (Wildman–Crippen MR) is 108 cm³/mol. The molecule has 0 radical (unpaired) electrons. The van der Waals surface area contributed by atoms with Crippen molar-refractivity contribution in [1.29, 1.82) is 5.26 Å². The molecule has 0 saturated carbocycles. The highest BCUT2D eigenvalue weighted by molar-refractivity contribution is 7.16. The van der Waals surface area contributed by atoms with E-state index in [2.05, 4.69) is 11.4 Å². The first-order chi connectivity index (χ1) is 14.0. The summed E-state index contributed by atoms with van der Waals surface area (Å²) in [4.78, 5) is 15.4. The molecule has 0 fully saturated rings. The van der Waals surface area contributed by atoms with Gasteiger partial charge in [-0.25, -0.2) is 8.78 Å². The number of nitriles is 1. The fourth-order valence-corrected chi connectivity index (χ4v) is 4.59. The van der Waals surface area contributed by atoms with Crippen molar-refractivity contribution < 1.29 is 13.6 Å². The van der Waals surface area contributed by atoms with E-state index in [1.807, 2.05) is 0 Å². The molecule has 0 aliphatic carbocycles. The van der Waals surface area contributed by atoms with Gasteiger partial charge in [0.25, 0.3) is 5.91 Å². The molecule has 7 heteroatoms. The zero-order valence-electron chi connectivity index (χ0n) is 15.4. The minimum Gasteiger partial charge on any atom is -0.372 e. The molecule has 2 aromatic carbocycles. The van der Waals surface area contributed by atoms with E-state index in [9.17, 15) is 18.8 Å². The Morgan fingerprint density at radius 3 is 2.41 bits per heavy atom. The third-order valence-corrected chi connectivity index (χ3v) is 6.09. The molecule has 0 bridgehead atoms. The Bertz CT molecular complexity index is 1080. The van der Waals surface area contributed by atoms with Crippen molar-refractivity contribution in [1.82, 2.24) is 4.90 Å². The van der Waals surface area contributed by atoms with Gasteiger partial charge in [0.1, 0.15) is 22.7 Å². The Hall–Kier alpha value is -3.24. The van der Waals surface area contributed by atoms with Crippen molar-refractivity contribution in [2.75, 3.05) is 11.9 Å². The molecule has 1 aromatic heterocycles. The maximum Gasteiger partial charge on any atom is 0.254 e. The predicted octanol–water partition coefficient (Wildman–Crippen LogP) is 4.71. The number of amides is 1. The normalized spacial score (nSPS) is 12.9. The highest BCUT2D eigenvalue weighted by Crippen LogP contribution is 2.37. The summed E-state index contributed by atoms with van der Waals surface area (Å²) in [7, 11) is 0. The van der Waals surface area contributed by atoms with Crippen molar-refractivity contribution in [2.45, 2.75) is 19.5 Å². The average Bonchev–Trinajstić information content (AvgIpc) is 3.10. The average molecular weight is 409 g/mol. The number of fused-ring (bicyclic) bond motifs is 1. The quantitative estimate of drug-likeness (QED) is 0.679. The van der Waals surface area contributed by atoms with E-state index in [0.29, 0.717) is 37.2 Å². The van der Waals surface area contributed by atoms with E-state index in [1.165, 1.54) is 47.7 Å². The number of benzene rings is 2. The molecule has 1 aliphatic heterocycles. The van der Waals surface area contributed by atoms with Gasteiger partial charge in [0, 0.05) is 23.5 Å². The van der Waals surface area contributed by atoms with Crippen molar-refractivity contribution >= 4 is 22.2 Å². The van der Waals surface area contributed by atoms with Crippen LogP contribution in [0.5, 0.6) is 0 Å². The van der Waals surface area contributed by atoms with Crippen molar-refractivity contribution in [3.05, 3.63) is 87.3 Å². The van der Waals surface area contributed by atoms with Crippen LogP contribution in [0.3, 0.4) is 0 Å². The van der Waals surface area contributed by atoms with Gasteiger partial charge in [-0.05, 0) is 53.9 Å². The lowest BCUT2D eigenvalue weighted by Crippen LogP contribution is -2.35. The molecular weight excluding hydrogens is 392 g/mol. The van der Waals surface area contributed by atoms with Gasteiger partial charge in [-0.2, -0.15) is 5.26 Å². The number of thiophene rings is 1. The first-order valence-corrected chi connectivity index (χ1v) is 9.94. The number of hydrogen-bond donors (Lipinski definition) is 1. The van der Waals surface area contributed by atoms with Crippen LogP contribution in [0.15, 0.2) is 48.5 Å². The Balaban J connectivity index is 1.51. The number of nitrogens with zero attached hydrogens (tertiary/aromatic N) is 2. The van der Waals surface area contributed by atoms with Gasteiger partial charge in [0.15, 0.2) is 0 Å². The monoisotopic (exact) mass is 409 g/mol. The van der Waals surface area contributed by atoms with E-state index < -0.39 is 0 Å². The third kappa shape index (κ3) is 3.98. The number of anilines is 1. The van der Waals surface area contributed by atoms with Crippen LogP contribution in [0.2, 0.25) is 0 Å². The van der Waals surface area contributed by atoms with Crippen LogP contribution in [0.4, 0.5) is 13.8 Å². The largest absolute Gasteiger partial charge is 0.372 e. The van der Waals surface area contributed by atoms with Gasteiger partial charge in [-0.1, -0.05) is 12.1 Å². The third-order valence-electron chi connectivity index (χ3n) is 4.91.